The molecule has 0 aliphatic rings. The monoisotopic (exact) mass is 229 g/mol. The fraction of sp³-hybridized carbons (Fsp3) is 0.500. The molecule has 0 saturated carbocycles. The number of hydrogen-bond acceptors (Lipinski definition) is 1. The highest BCUT2D eigenvalue weighted by Gasteiger charge is 2.14. The average molecular weight is 230 g/mol. The third-order valence-electron chi connectivity index (χ3n) is 2.66. The Bertz CT molecular complexity index is 336. The van der Waals surface area contributed by atoms with Crippen LogP contribution in [0.1, 0.15) is 32.8 Å². The normalized spacial score (nSPS) is 11.8. The summed E-state index contributed by atoms with van der Waals surface area (Å²) in [4.78, 5) is 0. The lowest BCUT2D eigenvalue weighted by Crippen LogP contribution is -2.38. The molecule has 0 unspecified atom stereocenters. The Morgan fingerprint density at radius 1 is 1.40 bits per heavy atom. The average Bonchev–Trinajstić information content (AvgIpc) is 2.16. The summed E-state index contributed by atoms with van der Waals surface area (Å²) in [6, 6.07) is 4.77. The van der Waals surface area contributed by atoms with Crippen LogP contribution in [0.4, 0.5) is 4.39 Å². The third kappa shape index (κ3) is 3.80. The van der Waals surface area contributed by atoms with Crippen LogP contribution < -0.4 is 5.32 Å². The van der Waals surface area contributed by atoms with Crippen LogP contribution in [-0.4, -0.2) is 5.54 Å². The quantitative estimate of drug-likeness (QED) is 0.829. The van der Waals surface area contributed by atoms with E-state index >= 15 is 0 Å². The van der Waals surface area contributed by atoms with Gasteiger partial charge in [-0.15, -0.1) is 0 Å². The molecule has 0 radical (unpaired) electrons. The molecule has 0 saturated heterocycles. The smallest absolute Gasteiger partial charge is 0.129 e. The zero-order chi connectivity index (χ0) is 11.5. The lowest BCUT2D eigenvalue weighted by atomic mass is 10.0. The SMILES string of the molecule is CCC(C)(C)NCc1ccc(Cl)cc1F. The van der Waals surface area contributed by atoms with Crippen molar-refractivity contribution in [2.24, 2.45) is 0 Å². The van der Waals surface area contributed by atoms with Gasteiger partial charge in [-0.3, -0.25) is 0 Å². The number of benzene rings is 1. The lowest BCUT2D eigenvalue weighted by Gasteiger charge is -2.24. The lowest BCUT2D eigenvalue weighted by molar-refractivity contribution is 0.371. The van der Waals surface area contributed by atoms with Crippen molar-refractivity contribution in [1.82, 2.24) is 5.32 Å². The van der Waals surface area contributed by atoms with E-state index in [9.17, 15) is 4.39 Å². The van der Waals surface area contributed by atoms with Crippen LogP contribution in [0.5, 0.6) is 0 Å². The van der Waals surface area contributed by atoms with E-state index < -0.39 is 0 Å². The van der Waals surface area contributed by atoms with Crippen molar-refractivity contribution in [3.8, 4) is 0 Å². The Balaban J connectivity index is 2.66. The zero-order valence-corrected chi connectivity index (χ0v) is 10.2. The van der Waals surface area contributed by atoms with E-state index in [0.717, 1.165) is 6.42 Å². The second-order valence-electron chi connectivity index (χ2n) is 4.33. The maximum absolute atomic E-state index is 13.4. The predicted octanol–water partition coefficient (Wildman–Crippen LogP) is 3.76. The molecule has 0 atom stereocenters. The van der Waals surface area contributed by atoms with Gasteiger partial charge < -0.3 is 5.32 Å². The number of hydrogen-bond donors (Lipinski definition) is 1. The molecular formula is C12H17ClFN. The van der Waals surface area contributed by atoms with Crippen molar-refractivity contribution in [2.45, 2.75) is 39.3 Å². The van der Waals surface area contributed by atoms with Gasteiger partial charge in [0.25, 0.3) is 0 Å². The Hall–Kier alpha value is -0.600. The highest BCUT2D eigenvalue weighted by Crippen LogP contribution is 2.16. The number of rotatable bonds is 4. The molecule has 0 bridgehead atoms. The summed E-state index contributed by atoms with van der Waals surface area (Å²) in [6.07, 6.45) is 1.00. The van der Waals surface area contributed by atoms with Crippen molar-refractivity contribution in [1.29, 1.82) is 0 Å². The Labute approximate surface area is 95.6 Å². The predicted molar refractivity (Wildman–Crippen MR) is 62.6 cm³/mol. The van der Waals surface area contributed by atoms with E-state index in [-0.39, 0.29) is 11.4 Å². The molecule has 0 heterocycles. The van der Waals surface area contributed by atoms with Crippen LogP contribution in [0, 0.1) is 5.82 Å². The van der Waals surface area contributed by atoms with E-state index in [1.165, 1.54) is 6.07 Å². The third-order valence-corrected chi connectivity index (χ3v) is 2.89. The standard InChI is InChI=1S/C12H17ClFN/c1-4-12(2,3)15-8-9-5-6-10(13)7-11(9)14/h5-7,15H,4,8H2,1-3H3. The molecule has 84 valence electrons. The van der Waals surface area contributed by atoms with Crippen molar-refractivity contribution >= 4 is 11.6 Å². The summed E-state index contributed by atoms with van der Waals surface area (Å²) in [5.41, 5.74) is 0.687. The first kappa shape index (κ1) is 12.5. The molecule has 0 aromatic heterocycles. The molecule has 1 N–H and O–H groups in total. The first-order valence-corrected chi connectivity index (χ1v) is 5.51. The fourth-order valence-electron chi connectivity index (χ4n) is 1.12. The molecule has 0 amide bonds. The molecule has 0 spiro atoms. The summed E-state index contributed by atoms with van der Waals surface area (Å²) in [5.74, 6) is -0.248. The van der Waals surface area contributed by atoms with E-state index in [0.29, 0.717) is 17.1 Å². The Morgan fingerprint density at radius 2 is 2.07 bits per heavy atom. The molecule has 3 heteroatoms. The molecule has 1 nitrogen and oxygen atoms in total. The highest BCUT2D eigenvalue weighted by molar-refractivity contribution is 6.30. The van der Waals surface area contributed by atoms with Gasteiger partial charge in [-0.25, -0.2) is 4.39 Å². The van der Waals surface area contributed by atoms with Crippen molar-refractivity contribution in [2.75, 3.05) is 0 Å². The largest absolute Gasteiger partial charge is 0.308 e. The summed E-state index contributed by atoms with van der Waals surface area (Å²) >= 11 is 5.67. The van der Waals surface area contributed by atoms with Crippen molar-refractivity contribution in [3.63, 3.8) is 0 Å². The van der Waals surface area contributed by atoms with Crippen LogP contribution in [0.2, 0.25) is 5.02 Å². The van der Waals surface area contributed by atoms with Crippen molar-refractivity contribution in [3.05, 3.63) is 34.6 Å². The summed E-state index contributed by atoms with van der Waals surface area (Å²) in [6.45, 7) is 6.83. The molecule has 0 aliphatic carbocycles. The minimum absolute atomic E-state index is 0.0338. The minimum atomic E-state index is -0.248. The maximum atomic E-state index is 13.4. The minimum Gasteiger partial charge on any atom is -0.308 e. The van der Waals surface area contributed by atoms with Gasteiger partial charge in [0, 0.05) is 22.7 Å². The molecule has 1 aromatic rings. The van der Waals surface area contributed by atoms with Gasteiger partial charge >= 0.3 is 0 Å². The van der Waals surface area contributed by atoms with Gasteiger partial charge in [0.15, 0.2) is 0 Å². The van der Waals surface area contributed by atoms with E-state index in [2.05, 4.69) is 26.1 Å². The molecule has 1 aromatic carbocycles. The van der Waals surface area contributed by atoms with E-state index in [1.807, 2.05) is 0 Å². The van der Waals surface area contributed by atoms with E-state index in [4.69, 9.17) is 11.6 Å². The molecule has 15 heavy (non-hydrogen) atoms. The van der Waals surface area contributed by atoms with Crippen LogP contribution in [0.25, 0.3) is 0 Å². The Kier molecular flexibility index (Phi) is 4.12. The zero-order valence-electron chi connectivity index (χ0n) is 9.40. The molecule has 0 fully saturated rings. The van der Waals surface area contributed by atoms with Gasteiger partial charge in [-0.05, 0) is 32.4 Å². The van der Waals surface area contributed by atoms with Gasteiger partial charge in [-0.2, -0.15) is 0 Å². The van der Waals surface area contributed by atoms with Crippen LogP contribution >= 0.6 is 11.6 Å². The summed E-state index contributed by atoms with van der Waals surface area (Å²) in [5, 5.41) is 3.74. The van der Waals surface area contributed by atoms with Crippen LogP contribution in [0.3, 0.4) is 0 Å². The first-order chi connectivity index (χ1) is 6.94. The number of nitrogens with one attached hydrogen (secondary N) is 1. The second-order valence-corrected chi connectivity index (χ2v) is 4.76. The van der Waals surface area contributed by atoms with Gasteiger partial charge in [0.1, 0.15) is 5.82 Å². The molecule has 0 aliphatic heterocycles. The topological polar surface area (TPSA) is 12.0 Å². The van der Waals surface area contributed by atoms with Crippen LogP contribution in [0.15, 0.2) is 18.2 Å². The molecular weight excluding hydrogens is 213 g/mol. The van der Waals surface area contributed by atoms with Gasteiger partial charge in [-0.1, -0.05) is 24.6 Å². The maximum Gasteiger partial charge on any atom is 0.129 e. The fourth-order valence-corrected chi connectivity index (χ4v) is 1.28. The van der Waals surface area contributed by atoms with E-state index in [1.54, 1.807) is 12.1 Å². The summed E-state index contributed by atoms with van der Waals surface area (Å²) < 4.78 is 13.4. The van der Waals surface area contributed by atoms with Gasteiger partial charge in [0.2, 0.25) is 0 Å². The molecule has 1 rings (SSSR count). The Morgan fingerprint density at radius 3 is 2.60 bits per heavy atom. The second kappa shape index (κ2) is 4.95. The van der Waals surface area contributed by atoms with Crippen molar-refractivity contribution < 1.29 is 4.39 Å². The number of halogens is 2. The summed E-state index contributed by atoms with van der Waals surface area (Å²) in [7, 11) is 0. The van der Waals surface area contributed by atoms with Gasteiger partial charge in [0.05, 0.1) is 0 Å². The van der Waals surface area contributed by atoms with Crippen LogP contribution in [-0.2, 0) is 6.54 Å². The highest BCUT2D eigenvalue weighted by atomic mass is 35.5. The first-order valence-electron chi connectivity index (χ1n) is 5.13.